The van der Waals surface area contributed by atoms with Gasteiger partial charge in [-0.2, -0.15) is 0 Å². The molecule has 1 aromatic heterocycles. The third-order valence-corrected chi connectivity index (χ3v) is 6.02. The molecule has 5 heteroatoms. The van der Waals surface area contributed by atoms with Crippen molar-refractivity contribution in [2.24, 2.45) is 0 Å². The van der Waals surface area contributed by atoms with Crippen molar-refractivity contribution in [3.8, 4) is 5.75 Å². The summed E-state index contributed by atoms with van der Waals surface area (Å²) >= 11 is 0. The van der Waals surface area contributed by atoms with Crippen LogP contribution in [0.5, 0.6) is 5.75 Å². The maximum atomic E-state index is 12.6. The minimum Gasteiger partial charge on any atom is -0.493 e. The molecule has 0 unspecified atom stereocenters. The van der Waals surface area contributed by atoms with Crippen molar-refractivity contribution in [3.05, 3.63) is 77.0 Å². The van der Waals surface area contributed by atoms with E-state index in [9.17, 15) is 4.79 Å². The summed E-state index contributed by atoms with van der Waals surface area (Å²) < 4.78 is 16.8. The fourth-order valence-corrected chi connectivity index (χ4v) is 3.75. The number of pyridine rings is 1. The molecule has 0 atom stereocenters. The van der Waals surface area contributed by atoms with Crippen molar-refractivity contribution < 1.29 is 19.0 Å². The number of carbonyl (C=O) groups is 1. The van der Waals surface area contributed by atoms with Gasteiger partial charge in [0, 0.05) is 25.2 Å². The van der Waals surface area contributed by atoms with E-state index < -0.39 is 5.79 Å². The van der Waals surface area contributed by atoms with E-state index in [2.05, 4.69) is 37.3 Å². The number of carbonyl (C=O) groups excluding carboxylic acids is 1. The summed E-state index contributed by atoms with van der Waals surface area (Å²) in [5.41, 5.74) is 4.94. The van der Waals surface area contributed by atoms with E-state index >= 15 is 0 Å². The van der Waals surface area contributed by atoms with E-state index in [-0.39, 0.29) is 5.78 Å². The highest BCUT2D eigenvalue weighted by Crippen LogP contribution is 2.33. The van der Waals surface area contributed by atoms with Gasteiger partial charge in [0.15, 0.2) is 0 Å². The Morgan fingerprint density at radius 2 is 1.79 bits per heavy atom. The van der Waals surface area contributed by atoms with E-state index in [0.29, 0.717) is 12.3 Å². The molecular weight excluding hydrogens is 414 g/mol. The van der Waals surface area contributed by atoms with Crippen molar-refractivity contribution in [3.63, 3.8) is 0 Å². The lowest BCUT2D eigenvalue weighted by atomic mass is 10.0. The van der Waals surface area contributed by atoms with Crippen LogP contribution in [0.15, 0.2) is 54.6 Å². The smallest absolute Gasteiger partial charge is 0.229 e. The van der Waals surface area contributed by atoms with Crippen molar-refractivity contribution in [1.82, 2.24) is 4.98 Å². The van der Waals surface area contributed by atoms with Gasteiger partial charge in [0.2, 0.25) is 11.6 Å². The number of hydrogen-bond acceptors (Lipinski definition) is 5. The zero-order valence-corrected chi connectivity index (χ0v) is 20.2. The molecule has 0 amide bonds. The lowest BCUT2D eigenvalue weighted by Gasteiger charge is -2.22. The Morgan fingerprint density at radius 3 is 2.45 bits per heavy atom. The van der Waals surface area contributed by atoms with Crippen LogP contribution < -0.4 is 4.74 Å². The molecule has 0 radical (unpaired) electrons. The van der Waals surface area contributed by atoms with Gasteiger partial charge in [-0.25, -0.2) is 4.98 Å². The Kier molecular flexibility index (Phi) is 8.37. The second kappa shape index (κ2) is 11.2. The zero-order chi connectivity index (χ0) is 23.8. The van der Waals surface area contributed by atoms with Gasteiger partial charge >= 0.3 is 0 Å². The molecule has 174 valence electrons. The molecule has 0 aliphatic rings. The first-order valence-electron chi connectivity index (χ1n) is 11.3. The van der Waals surface area contributed by atoms with Gasteiger partial charge in [0.1, 0.15) is 5.75 Å². The van der Waals surface area contributed by atoms with Crippen molar-refractivity contribution in [1.29, 1.82) is 0 Å². The molecule has 5 nitrogen and oxygen atoms in total. The van der Waals surface area contributed by atoms with Gasteiger partial charge < -0.3 is 14.2 Å². The predicted molar refractivity (Wildman–Crippen MR) is 133 cm³/mol. The third-order valence-electron chi connectivity index (χ3n) is 6.02. The molecule has 0 aliphatic heterocycles. The molecule has 0 bridgehead atoms. The Balaban J connectivity index is 1.91. The fourth-order valence-electron chi connectivity index (χ4n) is 3.75. The predicted octanol–water partition coefficient (Wildman–Crippen LogP) is 5.71. The lowest BCUT2D eigenvalue weighted by Crippen LogP contribution is -2.38. The van der Waals surface area contributed by atoms with Gasteiger partial charge in [-0.15, -0.1) is 0 Å². The summed E-state index contributed by atoms with van der Waals surface area (Å²) in [7, 11) is 2.90. The lowest BCUT2D eigenvalue weighted by molar-refractivity contribution is -0.194. The first kappa shape index (κ1) is 24.6. The van der Waals surface area contributed by atoms with E-state index in [1.807, 2.05) is 25.1 Å². The third kappa shape index (κ3) is 5.67. The van der Waals surface area contributed by atoms with Gasteiger partial charge in [-0.05, 0) is 62.5 Å². The number of methoxy groups -OCH3 is 2. The highest BCUT2D eigenvalue weighted by atomic mass is 16.7. The average molecular weight is 448 g/mol. The van der Waals surface area contributed by atoms with Crippen LogP contribution in [0.25, 0.3) is 17.0 Å². The van der Waals surface area contributed by atoms with E-state index in [0.717, 1.165) is 47.0 Å². The minimum absolute atomic E-state index is 0.289. The number of hydrogen-bond donors (Lipinski definition) is 0. The standard InChI is InChI=1S/C28H33NO4/c1-6-22-15-10-16-23-26(22)29-24(17-18-25(30)28(3,31-4)32-5)20(2)27(23)33-19-11-14-21-12-8-7-9-13-21/h7-10,12-13,15-18H,6,11,14,19H2,1-5H3. The van der Waals surface area contributed by atoms with Crippen LogP contribution in [-0.2, 0) is 27.1 Å². The van der Waals surface area contributed by atoms with Gasteiger partial charge in [-0.1, -0.05) is 49.4 Å². The molecule has 0 saturated heterocycles. The van der Waals surface area contributed by atoms with Crippen molar-refractivity contribution in [2.75, 3.05) is 20.8 Å². The van der Waals surface area contributed by atoms with Crippen LogP contribution in [0.2, 0.25) is 0 Å². The molecule has 33 heavy (non-hydrogen) atoms. The molecule has 0 aliphatic carbocycles. The van der Waals surface area contributed by atoms with Crippen LogP contribution >= 0.6 is 0 Å². The van der Waals surface area contributed by atoms with Crippen LogP contribution in [0.1, 0.15) is 42.7 Å². The maximum absolute atomic E-state index is 12.6. The fraction of sp³-hybridized carbons (Fsp3) is 0.357. The first-order valence-corrected chi connectivity index (χ1v) is 11.3. The summed E-state index contributed by atoms with van der Waals surface area (Å²) in [5.74, 6) is -0.799. The van der Waals surface area contributed by atoms with Crippen LogP contribution in [0.4, 0.5) is 0 Å². The van der Waals surface area contributed by atoms with Gasteiger partial charge in [0.25, 0.3) is 0 Å². The van der Waals surface area contributed by atoms with E-state index in [1.54, 1.807) is 13.0 Å². The molecular formula is C28H33NO4. The topological polar surface area (TPSA) is 57.7 Å². The molecule has 0 spiro atoms. The van der Waals surface area contributed by atoms with Crippen molar-refractivity contribution in [2.45, 2.75) is 45.8 Å². The van der Waals surface area contributed by atoms with Crippen LogP contribution in [-0.4, -0.2) is 37.4 Å². The molecule has 0 N–H and O–H groups in total. The number of aryl methyl sites for hydroxylation is 2. The van der Waals surface area contributed by atoms with E-state index in [4.69, 9.17) is 19.2 Å². The molecule has 1 heterocycles. The molecule has 0 fully saturated rings. The molecule has 3 aromatic rings. The number of rotatable bonds is 11. The largest absolute Gasteiger partial charge is 0.493 e. The Labute approximate surface area is 196 Å². The maximum Gasteiger partial charge on any atom is 0.229 e. The summed E-state index contributed by atoms with van der Waals surface area (Å²) in [5, 5.41) is 0.994. The second-order valence-corrected chi connectivity index (χ2v) is 8.11. The van der Waals surface area contributed by atoms with Crippen LogP contribution in [0, 0.1) is 6.92 Å². The Hall–Kier alpha value is -3.02. The normalized spacial score (nSPS) is 11.9. The number of ether oxygens (including phenoxy) is 3. The highest BCUT2D eigenvalue weighted by Gasteiger charge is 2.30. The summed E-state index contributed by atoms with van der Waals surface area (Å²) in [4.78, 5) is 17.5. The zero-order valence-electron chi connectivity index (χ0n) is 20.2. The quantitative estimate of drug-likeness (QED) is 0.214. The minimum atomic E-state index is -1.33. The molecule has 2 aromatic carbocycles. The Morgan fingerprint density at radius 1 is 1.06 bits per heavy atom. The summed E-state index contributed by atoms with van der Waals surface area (Å²) in [6.45, 7) is 6.28. The monoisotopic (exact) mass is 447 g/mol. The molecule has 0 saturated carbocycles. The Bertz CT molecular complexity index is 1120. The number of aromatic nitrogens is 1. The number of nitrogens with zero attached hydrogens (tertiary/aromatic N) is 1. The summed E-state index contributed by atoms with van der Waals surface area (Å²) in [6.07, 6.45) is 5.90. The number of fused-ring (bicyclic) bond motifs is 1. The number of benzene rings is 2. The van der Waals surface area contributed by atoms with Crippen molar-refractivity contribution >= 4 is 22.8 Å². The average Bonchev–Trinajstić information content (AvgIpc) is 2.85. The molecule has 3 rings (SSSR count). The van der Waals surface area contributed by atoms with Crippen LogP contribution in [0.3, 0.4) is 0 Å². The highest BCUT2D eigenvalue weighted by molar-refractivity contribution is 5.99. The summed E-state index contributed by atoms with van der Waals surface area (Å²) in [6, 6.07) is 16.6. The van der Waals surface area contributed by atoms with Gasteiger partial charge in [0.05, 0.1) is 17.8 Å². The number of ketones is 1. The first-order chi connectivity index (χ1) is 15.9. The second-order valence-electron chi connectivity index (χ2n) is 8.11. The van der Waals surface area contributed by atoms with E-state index in [1.165, 1.54) is 25.9 Å². The SMILES string of the molecule is CCc1cccc2c(OCCCc3ccccc3)c(C)c(C=CC(=O)C(C)(OC)OC)nc12. The van der Waals surface area contributed by atoms with Gasteiger partial charge in [-0.3, -0.25) is 4.79 Å². The number of para-hydroxylation sites is 1.